The fourth-order valence-corrected chi connectivity index (χ4v) is 4.12. The van der Waals surface area contributed by atoms with Crippen molar-refractivity contribution in [1.29, 1.82) is 0 Å². The Kier molecular flexibility index (Phi) is 11.2. The van der Waals surface area contributed by atoms with Gasteiger partial charge in [-0.05, 0) is 64.1 Å². The Balaban J connectivity index is 2.49. The Morgan fingerprint density at radius 1 is 0.857 bits per heavy atom. The van der Waals surface area contributed by atoms with Crippen LogP contribution < -0.4 is 5.32 Å². The van der Waals surface area contributed by atoms with Crippen LogP contribution in [0.3, 0.4) is 0 Å². The molecular formula is C29H44N2O4. The number of amides is 1. The highest BCUT2D eigenvalue weighted by Crippen LogP contribution is 2.24. The monoisotopic (exact) mass is 484 g/mol. The van der Waals surface area contributed by atoms with Crippen LogP contribution >= 0.6 is 0 Å². The van der Waals surface area contributed by atoms with Gasteiger partial charge in [-0.25, -0.2) is 4.79 Å². The number of carbonyl (C=O) groups excluding carboxylic acids is 1. The van der Waals surface area contributed by atoms with Crippen molar-refractivity contribution in [1.82, 2.24) is 10.2 Å². The molecule has 4 atom stereocenters. The maximum Gasteiger partial charge on any atom is 0.410 e. The van der Waals surface area contributed by atoms with Gasteiger partial charge >= 0.3 is 6.09 Å². The van der Waals surface area contributed by atoms with Crippen molar-refractivity contribution >= 4 is 6.09 Å². The van der Waals surface area contributed by atoms with Crippen molar-refractivity contribution in [3.63, 3.8) is 0 Å². The zero-order chi connectivity index (χ0) is 26.0. The standard InChI is InChI=1S/C29H44N2O4/c1-21(2)19-30-20-27(33)26(18-24-15-11-8-12-16-24)31(28(34)35-29(4,5)6)25(22(3)32)17-23-13-9-7-10-14-23/h7-16,21-22,25-27,30,32-33H,17-20H2,1-6H3/t22-,25+,26+,27-/m1/s1. The first-order chi connectivity index (χ1) is 16.5. The minimum absolute atomic E-state index is 0.326. The van der Waals surface area contributed by atoms with Gasteiger partial charge in [-0.15, -0.1) is 0 Å². The van der Waals surface area contributed by atoms with Crippen LogP contribution in [-0.2, 0) is 17.6 Å². The lowest BCUT2D eigenvalue weighted by Gasteiger charge is -2.42. The second kappa shape index (κ2) is 13.6. The number of aliphatic hydroxyl groups excluding tert-OH is 2. The van der Waals surface area contributed by atoms with E-state index in [1.807, 2.05) is 81.4 Å². The maximum atomic E-state index is 13.7. The molecule has 0 fully saturated rings. The number of benzene rings is 2. The summed E-state index contributed by atoms with van der Waals surface area (Å²) in [5.74, 6) is 0.431. The van der Waals surface area contributed by atoms with Crippen molar-refractivity contribution in [3.8, 4) is 0 Å². The van der Waals surface area contributed by atoms with Crippen LogP contribution in [0, 0.1) is 5.92 Å². The third-order valence-corrected chi connectivity index (χ3v) is 5.80. The van der Waals surface area contributed by atoms with Gasteiger partial charge in [0.2, 0.25) is 0 Å². The molecule has 0 spiro atoms. The smallest absolute Gasteiger partial charge is 0.410 e. The normalized spacial score (nSPS) is 15.3. The fourth-order valence-electron chi connectivity index (χ4n) is 4.12. The van der Waals surface area contributed by atoms with Gasteiger partial charge in [0.1, 0.15) is 5.60 Å². The number of hydrogen-bond donors (Lipinski definition) is 3. The molecule has 0 aliphatic heterocycles. The number of aliphatic hydroxyl groups is 2. The van der Waals surface area contributed by atoms with Crippen LogP contribution in [0.5, 0.6) is 0 Å². The second-order valence-electron chi connectivity index (χ2n) is 10.8. The molecule has 3 N–H and O–H groups in total. The highest BCUT2D eigenvalue weighted by atomic mass is 16.6. The number of nitrogens with one attached hydrogen (secondary N) is 1. The van der Waals surface area contributed by atoms with Crippen LogP contribution in [-0.4, -0.2) is 64.2 Å². The summed E-state index contributed by atoms with van der Waals surface area (Å²) in [6.07, 6.45) is -1.36. The van der Waals surface area contributed by atoms with Crippen molar-refractivity contribution in [2.45, 2.75) is 84.3 Å². The average molecular weight is 485 g/mol. The molecule has 6 nitrogen and oxygen atoms in total. The Morgan fingerprint density at radius 2 is 1.34 bits per heavy atom. The molecule has 6 heteroatoms. The van der Waals surface area contributed by atoms with E-state index in [-0.39, 0.29) is 0 Å². The lowest BCUT2D eigenvalue weighted by atomic mass is 9.94. The van der Waals surface area contributed by atoms with E-state index in [2.05, 4.69) is 19.2 Å². The van der Waals surface area contributed by atoms with E-state index in [4.69, 9.17) is 4.74 Å². The molecule has 0 heterocycles. The van der Waals surface area contributed by atoms with E-state index < -0.39 is 36.0 Å². The van der Waals surface area contributed by atoms with Crippen molar-refractivity contribution < 1.29 is 19.7 Å². The largest absolute Gasteiger partial charge is 0.444 e. The number of nitrogens with zero attached hydrogens (tertiary/aromatic N) is 1. The zero-order valence-corrected chi connectivity index (χ0v) is 22.1. The Bertz CT molecular complexity index is 865. The Morgan fingerprint density at radius 3 is 1.77 bits per heavy atom. The SMILES string of the molecule is CC(C)CNC[C@@H](O)[C@H](Cc1ccccc1)N(C(=O)OC(C)(C)C)[C@@H](Cc1ccccc1)[C@@H](C)O. The molecule has 0 aliphatic rings. The summed E-state index contributed by atoms with van der Waals surface area (Å²) in [6, 6.07) is 18.4. The minimum Gasteiger partial charge on any atom is -0.444 e. The third-order valence-electron chi connectivity index (χ3n) is 5.80. The summed E-state index contributed by atoms with van der Waals surface area (Å²) >= 11 is 0. The van der Waals surface area contributed by atoms with Gasteiger partial charge < -0.3 is 20.3 Å². The van der Waals surface area contributed by atoms with E-state index in [1.54, 1.807) is 11.8 Å². The molecule has 0 bridgehead atoms. The minimum atomic E-state index is -0.863. The van der Waals surface area contributed by atoms with Gasteiger partial charge in [-0.3, -0.25) is 4.90 Å². The van der Waals surface area contributed by atoms with Crippen LogP contribution in [0.1, 0.15) is 52.7 Å². The van der Waals surface area contributed by atoms with E-state index in [1.165, 1.54) is 0 Å². The molecule has 35 heavy (non-hydrogen) atoms. The van der Waals surface area contributed by atoms with Crippen LogP contribution in [0.2, 0.25) is 0 Å². The summed E-state index contributed by atoms with van der Waals surface area (Å²) in [4.78, 5) is 15.3. The molecule has 0 unspecified atom stereocenters. The van der Waals surface area contributed by atoms with Gasteiger partial charge in [0.05, 0.1) is 24.3 Å². The lowest BCUT2D eigenvalue weighted by Crippen LogP contribution is -2.59. The Hall–Kier alpha value is -2.41. The van der Waals surface area contributed by atoms with Crippen LogP contribution in [0.4, 0.5) is 4.79 Å². The molecule has 0 aromatic heterocycles. The van der Waals surface area contributed by atoms with Gasteiger partial charge in [-0.2, -0.15) is 0 Å². The topological polar surface area (TPSA) is 82.0 Å². The van der Waals surface area contributed by atoms with E-state index in [0.717, 1.165) is 17.7 Å². The van der Waals surface area contributed by atoms with Crippen LogP contribution in [0.25, 0.3) is 0 Å². The number of carbonyl (C=O) groups is 1. The average Bonchev–Trinajstić information content (AvgIpc) is 2.77. The quantitative estimate of drug-likeness (QED) is 0.415. The van der Waals surface area contributed by atoms with Crippen molar-refractivity contribution in [2.24, 2.45) is 5.92 Å². The van der Waals surface area contributed by atoms with Gasteiger partial charge in [-0.1, -0.05) is 74.5 Å². The van der Waals surface area contributed by atoms with Crippen molar-refractivity contribution in [3.05, 3.63) is 71.8 Å². The van der Waals surface area contributed by atoms with E-state index >= 15 is 0 Å². The van der Waals surface area contributed by atoms with Crippen molar-refractivity contribution in [2.75, 3.05) is 13.1 Å². The van der Waals surface area contributed by atoms with E-state index in [9.17, 15) is 15.0 Å². The summed E-state index contributed by atoms with van der Waals surface area (Å²) in [5.41, 5.74) is 1.28. The predicted molar refractivity (Wildman–Crippen MR) is 141 cm³/mol. The van der Waals surface area contributed by atoms with Gasteiger partial charge in [0.25, 0.3) is 0 Å². The molecule has 2 aromatic carbocycles. The molecule has 2 aromatic rings. The number of rotatable bonds is 12. The number of ether oxygens (including phenoxy) is 1. The van der Waals surface area contributed by atoms with Crippen LogP contribution in [0.15, 0.2) is 60.7 Å². The molecule has 2 rings (SSSR count). The molecule has 0 aliphatic carbocycles. The number of hydrogen-bond acceptors (Lipinski definition) is 5. The molecule has 0 saturated heterocycles. The molecule has 0 radical (unpaired) electrons. The highest BCUT2D eigenvalue weighted by Gasteiger charge is 2.39. The predicted octanol–water partition coefficient (Wildman–Crippen LogP) is 4.43. The Labute approximate surface area is 211 Å². The highest BCUT2D eigenvalue weighted by molar-refractivity contribution is 5.69. The first-order valence-corrected chi connectivity index (χ1v) is 12.6. The fraction of sp³-hybridized carbons (Fsp3) is 0.552. The maximum absolute atomic E-state index is 13.7. The molecule has 1 amide bonds. The molecular weight excluding hydrogens is 440 g/mol. The lowest BCUT2D eigenvalue weighted by molar-refractivity contribution is -0.0402. The summed E-state index contributed by atoms with van der Waals surface area (Å²) in [7, 11) is 0. The van der Waals surface area contributed by atoms with E-state index in [0.29, 0.717) is 25.3 Å². The molecule has 0 saturated carbocycles. The first kappa shape index (κ1) is 28.8. The van der Waals surface area contributed by atoms with Gasteiger partial charge in [0.15, 0.2) is 0 Å². The summed E-state index contributed by atoms with van der Waals surface area (Å²) < 4.78 is 5.82. The second-order valence-corrected chi connectivity index (χ2v) is 10.8. The van der Waals surface area contributed by atoms with Gasteiger partial charge in [0, 0.05) is 6.54 Å². The first-order valence-electron chi connectivity index (χ1n) is 12.6. The summed E-state index contributed by atoms with van der Waals surface area (Å²) in [6.45, 7) is 12.5. The third kappa shape index (κ3) is 10.0. The zero-order valence-electron chi connectivity index (χ0n) is 22.1. The molecule has 194 valence electrons. The summed E-state index contributed by atoms with van der Waals surface area (Å²) in [5, 5.41) is 25.6.